The van der Waals surface area contributed by atoms with E-state index in [4.69, 9.17) is 28.4 Å². The van der Waals surface area contributed by atoms with Crippen molar-refractivity contribution in [2.45, 2.75) is 402 Å². The third kappa shape index (κ3) is 41.8. The topological polar surface area (TPSA) is 214 Å². The summed E-state index contributed by atoms with van der Waals surface area (Å²) in [4.78, 5) is 13.2. The lowest BCUT2D eigenvalue weighted by atomic mass is 9.98. The zero-order valence-corrected chi connectivity index (χ0v) is 53.7. The van der Waals surface area contributed by atoms with Gasteiger partial charge in [-0.25, -0.2) is 0 Å². The molecule has 83 heavy (non-hydrogen) atoms. The van der Waals surface area contributed by atoms with E-state index < -0.39 is 80.7 Å². The summed E-state index contributed by atoms with van der Waals surface area (Å²) in [5.41, 5.74) is 0. The van der Waals surface area contributed by atoms with Crippen molar-refractivity contribution in [1.82, 2.24) is 0 Å². The summed E-state index contributed by atoms with van der Waals surface area (Å²) in [5, 5.41) is 72.6. The van der Waals surface area contributed by atoms with Crippen molar-refractivity contribution in [3.8, 4) is 0 Å². The van der Waals surface area contributed by atoms with Crippen molar-refractivity contribution in [1.29, 1.82) is 0 Å². The van der Waals surface area contributed by atoms with Crippen LogP contribution in [-0.2, 0) is 33.2 Å². The van der Waals surface area contributed by atoms with Crippen LogP contribution in [0.25, 0.3) is 0 Å². The molecule has 0 amide bonds. The summed E-state index contributed by atoms with van der Waals surface area (Å²) in [6, 6.07) is 0. The van der Waals surface area contributed by atoms with Crippen LogP contribution in [0.15, 0.2) is 0 Å². The second kappa shape index (κ2) is 56.2. The maximum atomic E-state index is 13.2. The molecular formula is C69H134O14. The number of esters is 1. The molecule has 14 heteroatoms. The summed E-state index contributed by atoms with van der Waals surface area (Å²) in [5.74, 6) is -0.364. The van der Waals surface area contributed by atoms with Crippen LogP contribution in [0.5, 0.6) is 0 Å². The van der Waals surface area contributed by atoms with Crippen molar-refractivity contribution in [2.24, 2.45) is 0 Å². The van der Waals surface area contributed by atoms with Crippen LogP contribution in [0.4, 0.5) is 0 Å². The van der Waals surface area contributed by atoms with Crippen molar-refractivity contribution < 1.29 is 69.0 Å². The Morgan fingerprint density at radius 2 is 0.639 bits per heavy atom. The van der Waals surface area contributed by atoms with E-state index in [1.54, 1.807) is 0 Å². The van der Waals surface area contributed by atoms with Gasteiger partial charge in [0.1, 0.15) is 54.9 Å². The fourth-order valence-corrected chi connectivity index (χ4v) is 11.9. The predicted octanol–water partition coefficient (Wildman–Crippen LogP) is 15.1. The highest BCUT2D eigenvalue weighted by atomic mass is 16.7. The number of unbranched alkanes of at least 4 members (excludes halogenated alkanes) is 47. The minimum Gasteiger partial charge on any atom is -0.457 e. The summed E-state index contributed by atoms with van der Waals surface area (Å²) >= 11 is 0. The van der Waals surface area contributed by atoms with E-state index in [0.29, 0.717) is 6.61 Å². The third-order valence-electron chi connectivity index (χ3n) is 17.6. The van der Waals surface area contributed by atoms with E-state index in [0.717, 1.165) is 44.9 Å². The molecule has 11 unspecified atom stereocenters. The molecule has 2 aliphatic heterocycles. The number of ether oxygens (including phenoxy) is 6. The quantitative estimate of drug-likeness (QED) is 0.0223. The lowest BCUT2D eigenvalue weighted by Gasteiger charge is -2.42. The largest absolute Gasteiger partial charge is 0.457 e. The Balaban J connectivity index is 1.62. The molecule has 0 aromatic rings. The fraction of sp³-hybridized carbons (Fsp3) is 0.986. The zero-order chi connectivity index (χ0) is 60.1. The lowest BCUT2D eigenvalue weighted by Crippen LogP contribution is -2.61. The lowest BCUT2D eigenvalue weighted by molar-refractivity contribution is -0.332. The van der Waals surface area contributed by atoms with Gasteiger partial charge in [0.2, 0.25) is 0 Å². The minimum absolute atomic E-state index is 0.0716. The molecule has 2 aliphatic rings. The van der Waals surface area contributed by atoms with Gasteiger partial charge in [0.25, 0.3) is 0 Å². The van der Waals surface area contributed by atoms with Crippen molar-refractivity contribution in [2.75, 3.05) is 33.0 Å². The molecule has 2 fully saturated rings. The van der Waals surface area contributed by atoms with Gasteiger partial charge in [-0.1, -0.05) is 316 Å². The molecule has 2 saturated heterocycles. The highest BCUT2D eigenvalue weighted by Gasteiger charge is 2.47. The predicted molar refractivity (Wildman–Crippen MR) is 335 cm³/mol. The molecular weight excluding hydrogens is 1050 g/mol. The van der Waals surface area contributed by atoms with Crippen molar-refractivity contribution in [3.63, 3.8) is 0 Å². The summed E-state index contributed by atoms with van der Waals surface area (Å²) in [6.45, 7) is 3.80. The van der Waals surface area contributed by atoms with E-state index in [9.17, 15) is 40.5 Å². The smallest absolute Gasteiger partial charge is 0.306 e. The van der Waals surface area contributed by atoms with Crippen LogP contribution in [0, 0.1) is 0 Å². The highest BCUT2D eigenvalue weighted by Crippen LogP contribution is 2.27. The minimum atomic E-state index is -1.70. The van der Waals surface area contributed by atoms with Gasteiger partial charge in [-0.3, -0.25) is 4.79 Å². The molecule has 7 N–H and O–H groups in total. The van der Waals surface area contributed by atoms with Gasteiger partial charge in [0, 0.05) is 13.0 Å². The van der Waals surface area contributed by atoms with Gasteiger partial charge in [-0.15, -0.1) is 0 Å². The van der Waals surface area contributed by atoms with Crippen LogP contribution in [-0.4, -0.2) is 142 Å². The molecule has 0 spiro atoms. The van der Waals surface area contributed by atoms with Crippen molar-refractivity contribution >= 4 is 5.97 Å². The summed E-state index contributed by atoms with van der Waals surface area (Å²) in [7, 11) is 0. The van der Waals surface area contributed by atoms with Crippen LogP contribution in [0.3, 0.4) is 0 Å². The van der Waals surface area contributed by atoms with E-state index in [1.807, 2.05) is 0 Å². The summed E-state index contributed by atoms with van der Waals surface area (Å²) < 4.78 is 34.6. The highest BCUT2D eigenvalue weighted by molar-refractivity contribution is 5.69. The molecule has 0 bridgehead atoms. The van der Waals surface area contributed by atoms with Gasteiger partial charge >= 0.3 is 5.97 Å². The molecule has 2 rings (SSSR count). The Bertz CT molecular complexity index is 1380. The fourth-order valence-electron chi connectivity index (χ4n) is 11.9. The first-order valence-electron chi connectivity index (χ1n) is 35.6. The normalized spacial score (nSPS) is 23.3. The third-order valence-corrected chi connectivity index (χ3v) is 17.6. The first-order valence-corrected chi connectivity index (χ1v) is 35.6. The number of carbonyl (C=O) groups excluding carboxylic acids is 1. The molecule has 2 heterocycles. The van der Waals surface area contributed by atoms with Gasteiger partial charge in [-0.2, -0.15) is 0 Å². The molecule has 0 aliphatic carbocycles. The van der Waals surface area contributed by atoms with E-state index in [2.05, 4.69) is 13.8 Å². The van der Waals surface area contributed by atoms with Gasteiger partial charge in [0.15, 0.2) is 12.6 Å². The Hall–Kier alpha value is -1.01. The SMILES string of the molecule is CCCCCCCCCCCCCCCCCCCCCCCCCCCCOCC(COC1OC(COC2OC(CO)C(O)C(O)C2O)C(O)C(O)C1O)OC(=O)CCCCCCCCCCCCCCCCCCCCCCCCC. The first-order chi connectivity index (χ1) is 40.6. The number of carbonyl (C=O) groups is 1. The van der Waals surface area contributed by atoms with E-state index in [-0.39, 0.29) is 25.6 Å². The maximum Gasteiger partial charge on any atom is 0.306 e. The van der Waals surface area contributed by atoms with Gasteiger partial charge < -0.3 is 64.2 Å². The average Bonchev–Trinajstić information content (AvgIpc) is 3.69. The van der Waals surface area contributed by atoms with Crippen molar-refractivity contribution in [3.05, 3.63) is 0 Å². The maximum absolute atomic E-state index is 13.2. The molecule has 0 aromatic heterocycles. The average molecular weight is 1190 g/mol. The second-order valence-corrected chi connectivity index (χ2v) is 25.4. The van der Waals surface area contributed by atoms with Crippen LogP contribution in [0.2, 0.25) is 0 Å². The number of aliphatic hydroxyl groups excluding tert-OH is 7. The molecule has 11 atom stereocenters. The summed E-state index contributed by atoms with van der Waals surface area (Å²) in [6.07, 6.45) is 49.0. The molecule has 0 saturated carbocycles. The zero-order valence-electron chi connectivity index (χ0n) is 53.7. The number of aliphatic hydroxyl groups is 7. The second-order valence-electron chi connectivity index (χ2n) is 25.4. The Morgan fingerprint density at radius 3 is 0.976 bits per heavy atom. The molecule has 0 aromatic carbocycles. The number of rotatable bonds is 61. The molecule has 14 nitrogen and oxygen atoms in total. The van der Waals surface area contributed by atoms with E-state index >= 15 is 0 Å². The van der Waals surface area contributed by atoms with Gasteiger partial charge in [-0.05, 0) is 12.8 Å². The van der Waals surface area contributed by atoms with E-state index in [1.165, 1.54) is 270 Å². The standard InChI is InChI=1S/C69H134O14/c1-3-5-7-9-11-13-15-17-19-21-23-25-27-28-29-31-33-35-37-39-41-43-45-47-49-51-53-78-55-58(56-79-68-67(77)65(75)63(73)60(83-68)57-80-69-66(76)64(74)62(72)59(54-70)82-69)81-61(71)52-50-48-46-44-42-40-38-36-34-32-30-26-24-22-20-18-16-14-12-10-8-6-4-2/h58-60,62-70,72-77H,3-57H2,1-2H3. The van der Waals surface area contributed by atoms with Crippen LogP contribution >= 0.6 is 0 Å². The van der Waals surface area contributed by atoms with Crippen LogP contribution in [0.1, 0.15) is 335 Å². The number of hydrogen-bond acceptors (Lipinski definition) is 14. The molecule has 0 radical (unpaired) electrons. The number of hydrogen-bond donors (Lipinski definition) is 7. The van der Waals surface area contributed by atoms with Gasteiger partial charge in [0.05, 0.1) is 26.4 Å². The van der Waals surface area contributed by atoms with Crippen LogP contribution < -0.4 is 0 Å². The molecule has 494 valence electrons. The Kier molecular flexibility index (Phi) is 52.9. The Morgan fingerprint density at radius 1 is 0.349 bits per heavy atom. The Labute approximate surface area is 508 Å². The first kappa shape index (κ1) is 78.1. The monoisotopic (exact) mass is 1190 g/mol.